The van der Waals surface area contributed by atoms with Crippen LogP contribution in [0.5, 0.6) is 23.0 Å². The molecule has 3 aromatic rings. The first-order chi connectivity index (χ1) is 27.0. The van der Waals surface area contributed by atoms with Crippen LogP contribution in [-0.2, 0) is 48.0 Å². The maximum atomic E-state index is 14.7. The highest BCUT2D eigenvalue weighted by Gasteiger charge is 2.40. The largest absolute Gasteiger partial charge is 0.497 e. The van der Waals surface area contributed by atoms with Crippen molar-refractivity contribution in [1.82, 2.24) is 30.2 Å². The van der Waals surface area contributed by atoms with Gasteiger partial charge in [-0.2, -0.15) is 0 Å². The second kappa shape index (κ2) is 17.8. The number of amides is 6. The molecule has 0 aromatic heterocycles. The second-order valence-corrected chi connectivity index (χ2v) is 14.7. The summed E-state index contributed by atoms with van der Waals surface area (Å²) in [6, 6.07) is 12.6. The van der Waals surface area contributed by atoms with Crippen LogP contribution in [0.3, 0.4) is 0 Å². The molecule has 0 radical (unpaired) electrons. The molecule has 15 heteroatoms. The maximum absolute atomic E-state index is 14.7. The Labute approximate surface area is 333 Å². The molecule has 304 valence electrons. The Hall–Kier alpha value is -6.12. The molecule has 6 bridgehead atoms. The fraction of sp³-hybridized carbons (Fsp3) is 0.429. The SMILES string of the molecule is COc1ccc(C[C@H]2C(=O)N[C@@H](C)C(=O)N(C)[C@H]3Cc4ccc(cc4)Oc4cc(ccc4OC)C[C@@H](C(=O)N[C@H](C)C(=O)N(C)[C@@H](C)C(=O)N2C)N(C)C3=O)cc1. The van der Waals surface area contributed by atoms with E-state index < -0.39 is 71.7 Å². The van der Waals surface area contributed by atoms with E-state index in [0.717, 1.165) is 0 Å². The number of benzene rings is 3. The van der Waals surface area contributed by atoms with Gasteiger partial charge in [0.2, 0.25) is 35.4 Å². The summed E-state index contributed by atoms with van der Waals surface area (Å²) in [5.74, 6) is -1.48. The van der Waals surface area contributed by atoms with Crippen molar-refractivity contribution in [2.75, 3.05) is 42.4 Å². The zero-order valence-electron chi connectivity index (χ0n) is 33.9. The minimum atomic E-state index is -1.16. The molecule has 0 spiro atoms. The lowest BCUT2D eigenvalue weighted by Crippen LogP contribution is -2.61. The van der Waals surface area contributed by atoms with E-state index in [2.05, 4.69) is 10.6 Å². The Balaban J connectivity index is 1.60. The molecule has 0 aliphatic carbocycles. The molecule has 3 aliphatic heterocycles. The number of carbonyl (C=O) groups is 6. The van der Waals surface area contributed by atoms with E-state index in [1.807, 2.05) is 0 Å². The van der Waals surface area contributed by atoms with Gasteiger partial charge in [-0.05, 0) is 73.9 Å². The van der Waals surface area contributed by atoms with Gasteiger partial charge in [-0.3, -0.25) is 28.8 Å². The van der Waals surface area contributed by atoms with Crippen molar-refractivity contribution < 1.29 is 43.0 Å². The monoisotopic (exact) mass is 784 g/mol. The Morgan fingerprint density at radius 1 is 0.614 bits per heavy atom. The van der Waals surface area contributed by atoms with Gasteiger partial charge < -0.3 is 44.4 Å². The Bertz CT molecular complexity index is 1990. The summed E-state index contributed by atoms with van der Waals surface area (Å²) < 4.78 is 17.0. The molecular formula is C42H52N6O9. The Kier molecular flexibility index (Phi) is 13.1. The predicted octanol–water partition coefficient (Wildman–Crippen LogP) is 2.19. The molecule has 1 saturated heterocycles. The molecule has 3 aliphatic rings. The zero-order valence-corrected chi connectivity index (χ0v) is 33.9. The smallest absolute Gasteiger partial charge is 0.246 e. The van der Waals surface area contributed by atoms with Crippen molar-refractivity contribution in [3.63, 3.8) is 0 Å². The molecule has 3 heterocycles. The van der Waals surface area contributed by atoms with Gasteiger partial charge in [-0.15, -0.1) is 0 Å². The number of methoxy groups -OCH3 is 2. The first-order valence-corrected chi connectivity index (χ1v) is 18.8. The topological polar surface area (TPSA) is 167 Å². The second-order valence-electron chi connectivity index (χ2n) is 14.7. The molecule has 0 unspecified atom stereocenters. The zero-order chi connectivity index (χ0) is 41.7. The summed E-state index contributed by atoms with van der Waals surface area (Å²) in [7, 11) is 8.93. The molecule has 15 nitrogen and oxygen atoms in total. The maximum Gasteiger partial charge on any atom is 0.246 e. The Morgan fingerprint density at radius 3 is 1.79 bits per heavy atom. The van der Waals surface area contributed by atoms with Crippen molar-refractivity contribution in [2.45, 2.75) is 76.3 Å². The lowest BCUT2D eigenvalue weighted by atomic mass is 9.98. The van der Waals surface area contributed by atoms with Crippen LogP contribution in [-0.4, -0.2) is 134 Å². The van der Waals surface area contributed by atoms with Crippen LogP contribution in [0.4, 0.5) is 0 Å². The first kappa shape index (κ1) is 42.0. The van der Waals surface area contributed by atoms with Crippen molar-refractivity contribution >= 4 is 35.4 Å². The quantitative estimate of drug-likeness (QED) is 0.404. The number of hydrogen-bond donors (Lipinski definition) is 2. The minimum absolute atomic E-state index is 0.00880. The summed E-state index contributed by atoms with van der Waals surface area (Å²) in [5.41, 5.74) is 2.04. The molecule has 6 rings (SSSR count). The third kappa shape index (κ3) is 9.30. The van der Waals surface area contributed by atoms with Gasteiger partial charge in [0.15, 0.2) is 11.5 Å². The average Bonchev–Trinajstić information content (AvgIpc) is 3.21. The van der Waals surface area contributed by atoms with Gasteiger partial charge in [-0.1, -0.05) is 30.3 Å². The molecule has 57 heavy (non-hydrogen) atoms. The van der Waals surface area contributed by atoms with Crippen LogP contribution in [0.2, 0.25) is 0 Å². The fourth-order valence-electron chi connectivity index (χ4n) is 7.08. The van der Waals surface area contributed by atoms with Crippen molar-refractivity contribution in [2.24, 2.45) is 0 Å². The van der Waals surface area contributed by atoms with Gasteiger partial charge in [0.05, 0.1) is 14.2 Å². The summed E-state index contributed by atoms with van der Waals surface area (Å²) in [5, 5.41) is 5.56. The molecule has 3 aromatic carbocycles. The summed E-state index contributed by atoms with van der Waals surface area (Å²) in [6.45, 7) is 4.55. The summed E-state index contributed by atoms with van der Waals surface area (Å²) in [6.07, 6.45) is 0.146. The average molecular weight is 785 g/mol. The molecule has 6 amide bonds. The van der Waals surface area contributed by atoms with E-state index in [0.29, 0.717) is 39.7 Å². The van der Waals surface area contributed by atoms with Gasteiger partial charge in [0.1, 0.15) is 47.8 Å². The van der Waals surface area contributed by atoms with E-state index in [4.69, 9.17) is 14.2 Å². The number of hydrogen-bond acceptors (Lipinski definition) is 9. The summed E-state index contributed by atoms with van der Waals surface area (Å²) in [4.78, 5) is 90.3. The normalized spacial score (nSPS) is 24.3. The highest BCUT2D eigenvalue weighted by atomic mass is 16.5. The van der Waals surface area contributed by atoms with E-state index in [-0.39, 0.29) is 19.3 Å². The predicted molar refractivity (Wildman–Crippen MR) is 211 cm³/mol. The number of ether oxygens (including phenoxy) is 3. The number of rotatable bonds is 4. The highest BCUT2D eigenvalue weighted by molar-refractivity contribution is 5.98. The molecule has 0 saturated carbocycles. The third-order valence-corrected chi connectivity index (χ3v) is 10.9. The van der Waals surface area contributed by atoms with Crippen LogP contribution in [0.1, 0.15) is 37.5 Å². The first-order valence-electron chi connectivity index (χ1n) is 18.8. The standard InChI is InChI=1S/C42H52N6O9/c1-24-39(51)45(4)26(3)41(53)46(5)32(20-27-10-15-30(55-8)16-11-27)37(49)44-25(2)40(52)48(7)34-21-28-12-17-31(18-13-28)57-36-23-29(14-19-35(36)56-9)22-33(38(50)43-24)47(6)42(34)54/h10-19,23-26,32-34H,20-22H2,1-9H3,(H,43,50)(H,44,49)/t24-,25+,26+,32+,33+,34+/m1/s1. The summed E-state index contributed by atoms with van der Waals surface area (Å²) >= 11 is 0. The van der Waals surface area contributed by atoms with Gasteiger partial charge in [-0.25, -0.2) is 0 Å². The number of carbonyl (C=O) groups excluding carboxylic acids is 6. The highest BCUT2D eigenvalue weighted by Crippen LogP contribution is 2.34. The lowest BCUT2D eigenvalue weighted by Gasteiger charge is -2.37. The number of fused-ring (bicyclic) bond motifs is 2. The Morgan fingerprint density at radius 2 is 1.18 bits per heavy atom. The number of nitrogens with one attached hydrogen (secondary N) is 2. The van der Waals surface area contributed by atoms with Gasteiger partial charge in [0.25, 0.3) is 0 Å². The molecule has 2 N–H and O–H groups in total. The van der Waals surface area contributed by atoms with Crippen LogP contribution in [0.25, 0.3) is 0 Å². The number of nitrogens with zero attached hydrogens (tertiary/aromatic N) is 4. The van der Waals surface area contributed by atoms with Crippen molar-refractivity contribution in [3.8, 4) is 23.0 Å². The van der Waals surface area contributed by atoms with Gasteiger partial charge in [0, 0.05) is 47.5 Å². The fourth-order valence-corrected chi connectivity index (χ4v) is 7.08. The van der Waals surface area contributed by atoms with Crippen LogP contribution in [0, 0.1) is 0 Å². The molecular weight excluding hydrogens is 732 g/mol. The van der Waals surface area contributed by atoms with E-state index >= 15 is 0 Å². The lowest BCUT2D eigenvalue weighted by molar-refractivity contribution is -0.151. The van der Waals surface area contributed by atoms with Crippen molar-refractivity contribution in [1.29, 1.82) is 0 Å². The minimum Gasteiger partial charge on any atom is -0.497 e. The van der Waals surface area contributed by atoms with Crippen LogP contribution >= 0.6 is 0 Å². The number of likely N-dealkylation sites (N-methyl/N-ethyl adjacent to an activating group) is 4. The van der Waals surface area contributed by atoms with Crippen LogP contribution in [0.15, 0.2) is 66.7 Å². The van der Waals surface area contributed by atoms with Crippen LogP contribution < -0.4 is 24.8 Å². The van der Waals surface area contributed by atoms with Crippen molar-refractivity contribution in [3.05, 3.63) is 83.4 Å². The third-order valence-electron chi connectivity index (χ3n) is 10.9. The van der Waals surface area contributed by atoms with Gasteiger partial charge >= 0.3 is 0 Å². The molecule has 6 atom stereocenters. The molecule has 1 fully saturated rings. The van der Waals surface area contributed by atoms with E-state index in [1.165, 1.54) is 82.8 Å². The van der Waals surface area contributed by atoms with E-state index in [1.54, 1.807) is 66.7 Å². The van der Waals surface area contributed by atoms with E-state index in [9.17, 15) is 28.8 Å².